The predicted molar refractivity (Wildman–Crippen MR) is 91.5 cm³/mol. The molecule has 0 radical (unpaired) electrons. The van der Waals surface area contributed by atoms with Crippen LogP contribution in [0.5, 0.6) is 0 Å². The highest BCUT2D eigenvalue weighted by molar-refractivity contribution is 5.77. The van der Waals surface area contributed by atoms with Crippen LogP contribution in [0.3, 0.4) is 0 Å². The van der Waals surface area contributed by atoms with Crippen LogP contribution in [0.25, 0.3) is 22.3 Å². The topological polar surface area (TPSA) is 0 Å². The zero-order valence-electron chi connectivity index (χ0n) is 12.9. The molecule has 104 valence electrons. The molecule has 0 N–H and O–H groups in total. The highest BCUT2D eigenvalue weighted by atomic mass is 14.1. The van der Waals surface area contributed by atoms with Gasteiger partial charge in [0.15, 0.2) is 0 Å². The van der Waals surface area contributed by atoms with Crippen LogP contribution in [0, 0.1) is 20.8 Å². The lowest BCUT2D eigenvalue weighted by Gasteiger charge is -2.13. The highest BCUT2D eigenvalue weighted by Gasteiger charge is 2.07. The molecule has 0 aliphatic carbocycles. The van der Waals surface area contributed by atoms with E-state index in [0.717, 1.165) is 0 Å². The smallest absolute Gasteiger partial charge is 0.0146 e. The zero-order valence-corrected chi connectivity index (χ0v) is 12.9. The minimum Gasteiger partial charge on any atom is -0.0622 e. The number of hydrogen-bond donors (Lipinski definition) is 0. The summed E-state index contributed by atoms with van der Waals surface area (Å²) in [4.78, 5) is 0. The van der Waals surface area contributed by atoms with Gasteiger partial charge in [0.2, 0.25) is 0 Å². The number of benzene rings is 3. The summed E-state index contributed by atoms with van der Waals surface area (Å²) in [7, 11) is 0. The van der Waals surface area contributed by atoms with Crippen molar-refractivity contribution in [2.45, 2.75) is 20.8 Å². The fraction of sp³-hybridized carbons (Fsp3) is 0.143. The van der Waals surface area contributed by atoms with E-state index < -0.39 is 0 Å². The van der Waals surface area contributed by atoms with Gasteiger partial charge in [-0.05, 0) is 60.2 Å². The van der Waals surface area contributed by atoms with E-state index in [-0.39, 0.29) is 0 Å². The largest absolute Gasteiger partial charge is 0.0622 e. The van der Waals surface area contributed by atoms with Crippen molar-refractivity contribution in [3.8, 4) is 22.3 Å². The first kappa shape index (κ1) is 13.6. The Hall–Kier alpha value is -2.34. The molecule has 0 aliphatic heterocycles. The second kappa shape index (κ2) is 5.57. The standard InChI is InChI=1S/C21H20/c1-15-9-10-16(2)20(13-15)21-14-19(12-11-17(21)3)18-7-5-4-6-8-18/h4-14H,1-3H3. The minimum absolute atomic E-state index is 1.27. The van der Waals surface area contributed by atoms with Gasteiger partial charge in [0.05, 0.1) is 0 Å². The van der Waals surface area contributed by atoms with Crippen LogP contribution in [-0.4, -0.2) is 0 Å². The number of hydrogen-bond acceptors (Lipinski definition) is 0. The lowest BCUT2D eigenvalue weighted by Crippen LogP contribution is -1.89. The monoisotopic (exact) mass is 272 g/mol. The van der Waals surface area contributed by atoms with Crippen molar-refractivity contribution < 1.29 is 0 Å². The van der Waals surface area contributed by atoms with Crippen LogP contribution in [-0.2, 0) is 0 Å². The Kier molecular flexibility index (Phi) is 3.62. The summed E-state index contributed by atoms with van der Waals surface area (Å²) in [5.74, 6) is 0. The molecule has 0 bridgehead atoms. The van der Waals surface area contributed by atoms with Crippen LogP contribution < -0.4 is 0 Å². The molecule has 3 rings (SSSR count). The van der Waals surface area contributed by atoms with Gasteiger partial charge in [-0.2, -0.15) is 0 Å². The average molecular weight is 272 g/mol. The molecule has 0 saturated carbocycles. The summed E-state index contributed by atoms with van der Waals surface area (Å²) in [6, 6.07) is 24.0. The Bertz CT molecular complexity index is 767. The van der Waals surface area contributed by atoms with Crippen LogP contribution in [0.4, 0.5) is 0 Å². The van der Waals surface area contributed by atoms with Crippen molar-refractivity contribution in [3.05, 3.63) is 83.4 Å². The van der Waals surface area contributed by atoms with E-state index in [4.69, 9.17) is 0 Å². The molecule has 0 unspecified atom stereocenters. The van der Waals surface area contributed by atoms with Gasteiger partial charge in [-0.1, -0.05) is 66.2 Å². The summed E-state index contributed by atoms with van der Waals surface area (Å²) in [6.45, 7) is 6.52. The van der Waals surface area contributed by atoms with Gasteiger partial charge in [0.1, 0.15) is 0 Å². The zero-order chi connectivity index (χ0) is 14.8. The molecule has 0 nitrogen and oxygen atoms in total. The maximum absolute atomic E-state index is 2.31. The van der Waals surface area contributed by atoms with Gasteiger partial charge in [0.25, 0.3) is 0 Å². The molecule has 0 aromatic heterocycles. The molecule has 0 atom stereocenters. The summed E-state index contributed by atoms with van der Waals surface area (Å²) in [5, 5.41) is 0. The number of aryl methyl sites for hydroxylation is 3. The molecule has 0 aliphatic rings. The maximum Gasteiger partial charge on any atom is -0.0146 e. The Morgan fingerprint density at radius 2 is 1.14 bits per heavy atom. The Morgan fingerprint density at radius 3 is 1.86 bits per heavy atom. The van der Waals surface area contributed by atoms with E-state index in [1.807, 2.05) is 0 Å². The lowest BCUT2D eigenvalue weighted by molar-refractivity contribution is 1.37. The predicted octanol–water partition coefficient (Wildman–Crippen LogP) is 5.95. The van der Waals surface area contributed by atoms with Gasteiger partial charge in [-0.25, -0.2) is 0 Å². The molecular formula is C21H20. The average Bonchev–Trinajstić information content (AvgIpc) is 2.51. The van der Waals surface area contributed by atoms with Crippen LogP contribution in [0.2, 0.25) is 0 Å². The lowest BCUT2D eigenvalue weighted by atomic mass is 9.92. The molecule has 0 heterocycles. The van der Waals surface area contributed by atoms with E-state index in [9.17, 15) is 0 Å². The van der Waals surface area contributed by atoms with Gasteiger partial charge >= 0.3 is 0 Å². The second-order valence-corrected chi connectivity index (χ2v) is 5.71. The third-order valence-corrected chi connectivity index (χ3v) is 4.03. The molecule has 3 aromatic carbocycles. The molecule has 21 heavy (non-hydrogen) atoms. The first-order valence-corrected chi connectivity index (χ1v) is 7.39. The van der Waals surface area contributed by atoms with E-state index in [1.165, 1.54) is 38.9 Å². The summed E-state index contributed by atoms with van der Waals surface area (Å²) < 4.78 is 0. The SMILES string of the molecule is Cc1ccc(C)c(-c2cc(-c3ccccc3)ccc2C)c1. The second-order valence-electron chi connectivity index (χ2n) is 5.71. The minimum atomic E-state index is 1.27. The molecular weight excluding hydrogens is 252 g/mol. The summed E-state index contributed by atoms with van der Waals surface area (Å²) in [6.07, 6.45) is 0. The quantitative estimate of drug-likeness (QED) is 0.541. The molecule has 3 aromatic rings. The van der Waals surface area contributed by atoms with Crippen LogP contribution in [0.15, 0.2) is 66.7 Å². The Balaban J connectivity index is 2.17. The molecule has 0 fully saturated rings. The fourth-order valence-corrected chi connectivity index (χ4v) is 2.75. The van der Waals surface area contributed by atoms with Crippen molar-refractivity contribution in [1.29, 1.82) is 0 Å². The van der Waals surface area contributed by atoms with E-state index >= 15 is 0 Å². The highest BCUT2D eigenvalue weighted by Crippen LogP contribution is 2.31. The normalized spacial score (nSPS) is 10.6. The Labute approximate surface area is 127 Å². The third kappa shape index (κ3) is 2.75. The van der Waals surface area contributed by atoms with E-state index in [1.54, 1.807) is 0 Å². The van der Waals surface area contributed by atoms with Crippen molar-refractivity contribution >= 4 is 0 Å². The maximum atomic E-state index is 2.31. The van der Waals surface area contributed by atoms with Gasteiger partial charge in [0, 0.05) is 0 Å². The van der Waals surface area contributed by atoms with Crippen molar-refractivity contribution in [2.24, 2.45) is 0 Å². The van der Waals surface area contributed by atoms with Gasteiger partial charge in [-0.3, -0.25) is 0 Å². The van der Waals surface area contributed by atoms with Crippen molar-refractivity contribution in [3.63, 3.8) is 0 Å². The molecule has 0 amide bonds. The van der Waals surface area contributed by atoms with Crippen LogP contribution >= 0.6 is 0 Å². The van der Waals surface area contributed by atoms with Gasteiger partial charge in [-0.15, -0.1) is 0 Å². The summed E-state index contributed by atoms with van der Waals surface area (Å²) >= 11 is 0. The number of rotatable bonds is 2. The van der Waals surface area contributed by atoms with Crippen LogP contribution in [0.1, 0.15) is 16.7 Å². The summed E-state index contributed by atoms with van der Waals surface area (Å²) in [5.41, 5.74) is 9.17. The third-order valence-electron chi connectivity index (χ3n) is 4.03. The van der Waals surface area contributed by atoms with Crippen molar-refractivity contribution in [1.82, 2.24) is 0 Å². The molecule has 0 heteroatoms. The first-order valence-electron chi connectivity index (χ1n) is 7.39. The van der Waals surface area contributed by atoms with E-state index in [2.05, 4.69) is 87.5 Å². The van der Waals surface area contributed by atoms with Gasteiger partial charge < -0.3 is 0 Å². The molecule has 0 saturated heterocycles. The Morgan fingerprint density at radius 1 is 0.524 bits per heavy atom. The first-order chi connectivity index (χ1) is 10.1. The fourth-order valence-electron chi connectivity index (χ4n) is 2.75. The van der Waals surface area contributed by atoms with Crippen molar-refractivity contribution in [2.75, 3.05) is 0 Å². The van der Waals surface area contributed by atoms with E-state index in [0.29, 0.717) is 0 Å². The molecule has 0 spiro atoms.